The Hall–Kier alpha value is -1.30. The third kappa shape index (κ3) is 3.29. The van der Waals surface area contributed by atoms with Crippen LogP contribution >= 0.6 is 0 Å². The number of nitrogens with zero attached hydrogens (tertiary/aromatic N) is 1. The van der Waals surface area contributed by atoms with Gasteiger partial charge in [-0.05, 0) is 19.8 Å². The molecular weight excluding hydrogens is 164 g/mol. The third-order valence-electron chi connectivity index (χ3n) is 2.09. The molecule has 0 aromatic heterocycles. The largest absolute Gasteiger partial charge is 0.354 e. The van der Waals surface area contributed by atoms with Gasteiger partial charge in [-0.15, -0.1) is 6.58 Å². The highest BCUT2D eigenvalue weighted by Crippen LogP contribution is 2.19. The van der Waals surface area contributed by atoms with Crippen molar-refractivity contribution in [2.75, 3.05) is 6.54 Å². The molecule has 1 unspecified atom stereocenters. The van der Waals surface area contributed by atoms with Gasteiger partial charge in [0, 0.05) is 6.54 Å². The Morgan fingerprint density at radius 2 is 2.38 bits per heavy atom. The lowest BCUT2D eigenvalue weighted by Gasteiger charge is -2.17. The lowest BCUT2D eigenvalue weighted by atomic mass is 9.88. The molecule has 1 N–H and O–H groups in total. The molecular formula is C10H16N2O. The van der Waals surface area contributed by atoms with E-state index in [1.807, 2.05) is 13.0 Å². The summed E-state index contributed by atoms with van der Waals surface area (Å²) in [5.74, 6) is -0.195. The van der Waals surface area contributed by atoms with E-state index in [1.165, 1.54) is 0 Å². The maximum atomic E-state index is 11.4. The summed E-state index contributed by atoms with van der Waals surface area (Å²) in [6.07, 6.45) is 3.00. The number of nitrogens with one attached hydrogen (secondary N) is 1. The smallest absolute Gasteiger partial charge is 0.240 e. The molecule has 0 spiro atoms. The van der Waals surface area contributed by atoms with Crippen LogP contribution in [-0.2, 0) is 4.79 Å². The summed E-state index contributed by atoms with van der Waals surface area (Å²) < 4.78 is 0. The van der Waals surface area contributed by atoms with Crippen molar-refractivity contribution < 1.29 is 4.79 Å². The first-order valence-electron chi connectivity index (χ1n) is 4.41. The van der Waals surface area contributed by atoms with Crippen molar-refractivity contribution in [3.63, 3.8) is 0 Å². The molecule has 3 heteroatoms. The molecule has 0 aliphatic carbocycles. The fraction of sp³-hybridized carbons (Fsp3) is 0.600. The fourth-order valence-corrected chi connectivity index (χ4v) is 0.773. The maximum absolute atomic E-state index is 11.4. The van der Waals surface area contributed by atoms with Crippen molar-refractivity contribution in [2.45, 2.75) is 26.7 Å². The maximum Gasteiger partial charge on any atom is 0.240 e. The Bertz CT molecular complexity index is 230. The number of amides is 1. The number of nitriles is 1. The molecule has 0 saturated carbocycles. The van der Waals surface area contributed by atoms with Crippen LogP contribution in [0.5, 0.6) is 0 Å². The van der Waals surface area contributed by atoms with E-state index in [0.29, 0.717) is 13.0 Å². The number of hydrogen-bond donors (Lipinski definition) is 1. The van der Waals surface area contributed by atoms with Gasteiger partial charge in [-0.3, -0.25) is 4.79 Å². The molecule has 13 heavy (non-hydrogen) atoms. The summed E-state index contributed by atoms with van der Waals surface area (Å²) >= 11 is 0. The molecule has 0 aromatic carbocycles. The van der Waals surface area contributed by atoms with Crippen LogP contribution in [0.25, 0.3) is 0 Å². The lowest BCUT2D eigenvalue weighted by Crippen LogP contribution is -2.37. The molecule has 0 saturated heterocycles. The number of carbonyl (C=O) groups excluding carboxylic acids is 1. The molecule has 3 nitrogen and oxygen atoms in total. The van der Waals surface area contributed by atoms with Gasteiger partial charge in [0.15, 0.2) is 0 Å². The van der Waals surface area contributed by atoms with Crippen molar-refractivity contribution >= 4 is 5.91 Å². The Morgan fingerprint density at radius 1 is 1.77 bits per heavy atom. The zero-order chi connectivity index (χ0) is 10.3. The highest BCUT2D eigenvalue weighted by molar-refractivity contribution is 5.84. The van der Waals surface area contributed by atoms with Crippen LogP contribution < -0.4 is 5.32 Å². The first kappa shape index (κ1) is 11.7. The minimum Gasteiger partial charge on any atom is -0.354 e. The topological polar surface area (TPSA) is 52.9 Å². The summed E-state index contributed by atoms with van der Waals surface area (Å²) in [6.45, 7) is 7.58. The molecule has 1 amide bonds. The van der Waals surface area contributed by atoms with Crippen molar-refractivity contribution in [3.05, 3.63) is 12.7 Å². The second-order valence-electron chi connectivity index (χ2n) is 3.13. The van der Waals surface area contributed by atoms with Crippen LogP contribution in [0, 0.1) is 16.7 Å². The Labute approximate surface area is 79.4 Å². The molecule has 0 rings (SSSR count). The summed E-state index contributed by atoms with van der Waals surface area (Å²) in [6, 6.07) is 2.02. The van der Waals surface area contributed by atoms with Gasteiger partial charge in [0.1, 0.15) is 5.41 Å². The molecule has 0 aliphatic heterocycles. The molecule has 0 bridgehead atoms. The molecule has 0 aliphatic rings. The van der Waals surface area contributed by atoms with Crippen LogP contribution in [0.2, 0.25) is 0 Å². The van der Waals surface area contributed by atoms with Crippen LogP contribution in [0.4, 0.5) is 0 Å². The standard InChI is InChI=1S/C10H16N2O/c1-4-6-7-12-9(13)10(3,5-2)8-11/h4H,1,5-7H2,2-3H3,(H,12,13). The van der Waals surface area contributed by atoms with Gasteiger partial charge in [-0.2, -0.15) is 5.26 Å². The minimum absolute atomic E-state index is 0.195. The van der Waals surface area contributed by atoms with Crippen molar-refractivity contribution in [1.82, 2.24) is 5.32 Å². The number of rotatable bonds is 5. The van der Waals surface area contributed by atoms with E-state index >= 15 is 0 Å². The Morgan fingerprint density at radius 3 is 2.77 bits per heavy atom. The van der Waals surface area contributed by atoms with E-state index < -0.39 is 5.41 Å². The Kier molecular flexibility index (Phi) is 4.83. The highest BCUT2D eigenvalue weighted by Gasteiger charge is 2.30. The second kappa shape index (κ2) is 5.36. The van der Waals surface area contributed by atoms with E-state index in [-0.39, 0.29) is 5.91 Å². The van der Waals surface area contributed by atoms with Crippen LogP contribution in [0.15, 0.2) is 12.7 Å². The van der Waals surface area contributed by atoms with Gasteiger partial charge in [0.2, 0.25) is 5.91 Å². The average molecular weight is 180 g/mol. The SMILES string of the molecule is C=CCCNC(=O)C(C)(C#N)CC. The van der Waals surface area contributed by atoms with Gasteiger partial charge < -0.3 is 5.32 Å². The summed E-state index contributed by atoms with van der Waals surface area (Å²) in [4.78, 5) is 11.4. The average Bonchev–Trinajstić information content (AvgIpc) is 2.17. The van der Waals surface area contributed by atoms with Crippen molar-refractivity contribution in [2.24, 2.45) is 5.41 Å². The first-order chi connectivity index (χ1) is 6.10. The van der Waals surface area contributed by atoms with Crippen molar-refractivity contribution in [1.29, 1.82) is 5.26 Å². The molecule has 72 valence electrons. The molecule has 0 heterocycles. The first-order valence-corrected chi connectivity index (χ1v) is 4.41. The quantitative estimate of drug-likeness (QED) is 0.516. The van der Waals surface area contributed by atoms with Gasteiger partial charge >= 0.3 is 0 Å². The summed E-state index contributed by atoms with van der Waals surface area (Å²) in [7, 11) is 0. The van der Waals surface area contributed by atoms with E-state index in [1.54, 1.807) is 13.0 Å². The zero-order valence-corrected chi connectivity index (χ0v) is 8.26. The third-order valence-corrected chi connectivity index (χ3v) is 2.09. The van der Waals surface area contributed by atoms with Crippen molar-refractivity contribution in [3.8, 4) is 6.07 Å². The van der Waals surface area contributed by atoms with Gasteiger partial charge in [-0.1, -0.05) is 13.0 Å². The number of carbonyl (C=O) groups is 1. The molecule has 1 atom stereocenters. The van der Waals surface area contributed by atoms with Gasteiger partial charge in [0.05, 0.1) is 6.07 Å². The van der Waals surface area contributed by atoms with Gasteiger partial charge in [-0.25, -0.2) is 0 Å². The van der Waals surface area contributed by atoms with Crippen LogP contribution in [0.1, 0.15) is 26.7 Å². The predicted molar refractivity (Wildman–Crippen MR) is 51.8 cm³/mol. The molecule has 0 radical (unpaired) electrons. The van der Waals surface area contributed by atoms with Crippen LogP contribution in [0.3, 0.4) is 0 Å². The minimum atomic E-state index is -0.888. The Balaban J connectivity index is 4.09. The highest BCUT2D eigenvalue weighted by atomic mass is 16.2. The normalized spacial score (nSPS) is 13.9. The second-order valence-corrected chi connectivity index (χ2v) is 3.13. The lowest BCUT2D eigenvalue weighted by molar-refractivity contribution is -0.127. The number of hydrogen-bond acceptors (Lipinski definition) is 2. The monoisotopic (exact) mass is 180 g/mol. The zero-order valence-electron chi connectivity index (χ0n) is 8.26. The predicted octanol–water partition coefficient (Wildman–Crippen LogP) is 1.62. The fourth-order valence-electron chi connectivity index (χ4n) is 0.773. The summed E-state index contributed by atoms with van der Waals surface area (Å²) in [5.41, 5.74) is -0.888. The van der Waals surface area contributed by atoms with E-state index in [4.69, 9.17) is 5.26 Å². The molecule has 0 fully saturated rings. The van der Waals surface area contributed by atoms with E-state index in [0.717, 1.165) is 6.42 Å². The van der Waals surface area contributed by atoms with Crippen LogP contribution in [-0.4, -0.2) is 12.5 Å². The molecule has 0 aromatic rings. The van der Waals surface area contributed by atoms with E-state index in [2.05, 4.69) is 11.9 Å². The van der Waals surface area contributed by atoms with E-state index in [9.17, 15) is 4.79 Å². The van der Waals surface area contributed by atoms with Gasteiger partial charge in [0.25, 0.3) is 0 Å². The summed E-state index contributed by atoms with van der Waals surface area (Å²) in [5, 5.41) is 11.5.